The molecule has 0 unspecified atom stereocenters. The lowest BCUT2D eigenvalue weighted by atomic mass is 9.81. The van der Waals surface area contributed by atoms with E-state index in [9.17, 15) is 32.3 Å². The van der Waals surface area contributed by atoms with Crippen LogP contribution < -0.4 is 4.90 Å². The topological polar surface area (TPSA) is 71.5 Å². The van der Waals surface area contributed by atoms with E-state index in [-0.39, 0.29) is 31.4 Å². The monoisotopic (exact) mass is 401 g/mol. The summed E-state index contributed by atoms with van der Waals surface area (Å²) in [6.07, 6.45) is -3.90. The smallest absolute Gasteiger partial charge is 0.310 e. The maximum Gasteiger partial charge on any atom is 0.418 e. The zero-order valence-electron chi connectivity index (χ0n) is 14.1. The van der Waals surface area contributed by atoms with Gasteiger partial charge in [0.2, 0.25) is 5.91 Å². The van der Waals surface area contributed by atoms with Crippen LogP contribution in [-0.2, 0) is 20.6 Å². The first kappa shape index (κ1) is 19.5. The van der Waals surface area contributed by atoms with E-state index in [1.165, 1.54) is 0 Å². The van der Waals surface area contributed by atoms with E-state index < -0.39 is 51.6 Å². The third kappa shape index (κ3) is 3.50. The number of amides is 1. The molecule has 1 saturated carbocycles. The molecule has 1 heterocycles. The quantitative estimate of drug-likeness (QED) is 0.573. The average molecular weight is 402 g/mol. The Morgan fingerprint density at radius 3 is 2.19 bits per heavy atom. The van der Waals surface area contributed by atoms with Crippen molar-refractivity contribution < 1.29 is 32.3 Å². The van der Waals surface area contributed by atoms with Crippen LogP contribution in [0.5, 0.6) is 0 Å². The summed E-state index contributed by atoms with van der Waals surface area (Å²) < 4.78 is 40.3. The van der Waals surface area contributed by atoms with Crippen LogP contribution in [0.1, 0.15) is 48.0 Å². The van der Waals surface area contributed by atoms with Crippen LogP contribution >= 0.6 is 11.6 Å². The Morgan fingerprint density at radius 1 is 1.04 bits per heavy atom. The van der Waals surface area contributed by atoms with Crippen molar-refractivity contribution in [3.05, 3.63) is 28.3 Å². The van der Waals surface area contributed by atoms with Crippen molar-refractivity contribution in [3.8, 4) is 0 Å². The van der Waals surface area contributed by atoms with Crippen molar-refractivity contribution in [2.24, 2.45) is 5.92 Å². The molecular formula is C18H15ClF3NO4. The number of halogens is 4. The number of carbonyl (C=O) groups excluding carboxylic acids is 4. The van der Waals surface area contributed by atoms with Crippen molar-refractivity contribution in [2.75, 3.05) is 11.4 Å². The minimum absolute atomic E-state index is 0.0422. The standard InChI is InChI=1S/C18H15ClF3NO4/c19-15-9(17(27)14-11(24)3-1-4-12(14)25)6-7-10(18(20,21)22)16(15)23-8-2-5-13(23)26/h6-7,14H,1-5,8H2. The molecule has 1 aliphatic heterocycles. The second-order valence-electron chi connectivity index (χ2n) is 6.55. The molecular weight excluding hydrogens is 387 g/mol. The second kappa shape index (κ2) is 7.07. The van der Waals surface area contributed by atoms with E-state index >= 15 is 0 Å². The lowest BCUT2D eigenvalue weighted by Crippen LogP contribution is -2.36. The van der Waals surface area contributed by atoms with Gasteiger partial charge < -0.3 is 4.90 Å². The molecule has 5 nitrogen and oxygen atoms in total. The van der Waals surface area contributed by atoms with Crippen molar-refractivity contribution >= 4 is 40.5 Å². The molecule has 1 aromatic carbocycles. The first-order valence-corrected chi connectivity index (χ1v) is 8.80. The van der Waals surface area contributed by atoms with Crippen LogP contribution in [0.2, 0.25) is 5.02 Å². The number of hydrogen-bond donors (Lipinski definition) is 0. The van der Waals surface area contributed by atoms with E-state index in [0.717, 1.165) is 11.0 Å². The number of alkyl halides is 3. The van der Waals surface area contributed by atoms with Gasteiger partial charge in [0.15, 0.2) is 17.3 Å². The fraction of sp³-hybridized carbons (Fsp3) is 0.444. The Morgan fingerprint density at radius 2 is 1.67 bits per heavy atom. The Hall–Kier alpha value is -2.22. The summed E-state index contributed by atoms with van der Waals surface area (Å²) in [6.45, 7) is 0.0422. The summed E-state index contributed by atoms with van der Waals surface area (Å²) in [6, 6.07) is 1.53. The molecule has 0 aromatic heterocycles. The maximum absolute atomic E-state index is 13.4. The van der Waals surface area contributed by atoms with Crippen LogP contribution in [0.25, 0.3) is 0 Å². The number of anilines is 1. The molecule has 0 bridgehead atoms. The van der Waals surface area contributed by atoms with Gasteiger partial charge in [0, 0.05) is 31.4 Å². The van der Waals surface area contributed by atoms with Crippen LogP contribution in [0, 0.1) is 5.92 Å². The molecule has 0 atom stereocenters. The van der Waals surface area contributed by atoms with Crippen LogP contribution in [0.4, 0.5) is 18.9 Å². The largest absolute Gasteiger partial charge is 0.418 e. The highest BCUT2D eigenvalue weighted by atomic mass is 35.5. The molecule has 2 fully saturated rings. The van der Waals surface area contributed by atoms with E-state index in [4.69, 9.17) is 11.6 Å². The Kier molecular flexibility index (Phi) is 5.12. The molecule has 2 aliphatic rings. The van der Waals surface area contributed by atoms with E-state index in [2.05, 4.69) is 0 Å². The fourth-order valence-electron chi connectivity index (χ4n) is 3.49. The molecule has 0 radical (unpaired) electrons. The number of carbonyl (C=O) groups is 4. The number of benzene rings is 1. The summed E-state index contributed by atoms with van der Waals surface area (Å²) in [7, 11) is 0. The predicted molar refractivity (Wildman–Crippen MR) is 89.7 cm³/mol. The number of nitrogens with zero attached hydrogens (tertiary/aromatic N) is 1. The van der Waals surface area contributed by atoms with E-state index in [1.807, 2.05) is 0 Å². The van der Waals surface area contributed by atoms with Crippen molar-refractivity contribution in [3.63, 3.8) is 0 Å². The molecule has 1 aromatic rings. The summed E-state index contributed by atoms with van der Waals surface area (Å²) >= 11 is 6.14. The Labute approximate surface area is 157 Å². The predicted octanol–water partition coefficient (Wildman–Crippen LogP) is 3.61. The summed E-state index contributed by atoms with van der Waals surface area (Å²) in [4.78, 5) is 49.7. The van der Waals surface area contributed by atoms with Gasteiger partial charge in [-0.15, -0.1) is 0 Å². The van der Waals surface area contributed by atoms with Gasteiger partial charge in [-0.05, 0) is 25.0 Å². The molecule has 0 spiro atoms. The average Bonchev–Trinajstić information content (AvgIpc) is 2.99. The van der Waals surface area contributed by atoms with Gasteiger partial charge in [0.05, 0.1) is 16.3 Å². The van der Waals surface area contributed by atoms with Gasteiger partial charge in [-0.25, -0.2) is 0 Å². The van der Waals surface area contributed by atoms with Gasteiger partial charge in [-0.3, -0.25) is 19.2 Å². The molecule has 1 amide bonds. The van der Waals surface area contributed by atoms with Gasteiger partial charge in [-0.1, -0.05) is 11.6 Å². The van der Waals surface area contributed by atoms with Gasteiger partial charge >= 0.3 is 6.18 Å². The number of Topliss-reactive ketones (excluding diaryl/α,β-unsaturated/α-hetero) is 3. The maximum atomic E-state index is 13.4. The van der Waals surface area contributed by atoms with Gasteiger partial charge in [-0.2, -0.15) is 13.2 Å². The Bertz CT molecular complexity index is 834. The first-order chi connectivity index (χ1) is 12.6. The van der Waals surface area contributed by atoms with Crippen LogP contribution in [0.3, 0.4) is 0 Å². The highest BCUT2D eigenvalue weighted by molar-refractivity contribution is 6.39. The summed E-state index contributed by atoms with van der Waals surface area (Å²) in [5.41, 5.74) is -2.08. The Balaban J connectivity index is 2.12. The first-order valence-electron chi connectivity index (χ1n) is 8.42. The van der Waals surface area contributed by atoms with Crippen LogP contribution in [-0.4, -0.2) is 29.8 Å². The zero-order valence-corrected chi connectivity index (χ0v) is 14.8. The van der Waals surface area contributed by atoms with E-state index in [1.54, 1.807) is 0 Å². The molecule has 1 aliphatic carbocycles. The van der Waals surface area contributed by atoms with Gasteiger partial charge in [0.1, 0.15) is 5.92 Å². The normalized spacial score (nSPS) is 19.1. The minimum Gasteiger partial charge on any atom is -0.310 e. The lowest BCUT2D eigenvalue weighted by Gasteiger charge is -2.25. The third-order valence-electron chi connectivity index (χ3n) is 4.78. The van der Waals surface area contributed by atoms with Crippen molar-refractivity contribution in [2.45, 2.75) is 38.3 Å². The number of ketones is 3. The SMILES string of the molecule is O=C1CCCC(=O)C1C(=O)c1ccc(C(F)(F)F)c(N2CCCC2=O)c1Cl. The highest BCUT2D eigenvalue weighted by Crippen LogP contribution is 2.44. The fourth-order valence-corrected chi connectivity index (χ4v) is 3.85. The summed E-state index contributed by atoms with van der Waals surface area (Å²) in [5, 5.41) is -0.559. The minimum atomic E-state index is -4.79. The molecule has 1 saturated heterocycles. The van der Waals surface area contributed by atoms with Crippen molar-refractivity contribution in [1.29, 1.82) is 0 Å². The number of hydrogen-bond acceptors (Lipinski definition) is 4. The molecule has 144 valence electrons. The molecule has 3 rings (SSSR count). The van der Waals surface area contributed by atoms with Gasteiger partial charge in [0.25, 0.3) is 0 Å². The highest BCUT2D eigenvalue weighted by Gasteiger charge is 2.42. The summed E-state index contributed by atoms with van der Waals surface area (Å²) in [5.74, 6) is -4.12. The van der Waals surface area contributed by atoms with E-state index in [0.29, 0.717) is 18.9 Å². The van der Waals surface area contributed by atoms with Crippen molar-refractivity contribution in [1.82, 2.24) is 0 Å². The molecule has 27 heavy (non-hydrogen) atoms. The number of rotatable bonds is 3. The lowest BCUT2D eigenvalue weighted by molar-refractivity contribution is -0.137. The molecule has 9 heteroatoms. The second-order valence-corrected chi connectivity index (χ2v) is 6.93. The van der Waals surface area contributed by atoms with Crippen LogP contribution in [0.15, 0.2) is 12.1 Å². The molecule has 0 N–H and O–H groups in total. The third-order valence-corrected chi connectivity index (χ3v) is 5.17. The zero-order chi connectivity index (χ0) is 19.9.